The second kappa shape index (κ2) is 6.88. The van der Waals surface area contributed by atoms with Gasteiger partial charge in [-0.1, -0.05) is 6.92 Å². The van der Waals surface area contributed by atoms with Crippen molar-refractivity contribution in [1.82, 2.24) is 24.9 Å². The third kappa shape index (κ3) is 3.94. The summed E-state index contributed by atoms with van der Waals surface area (Å²) >= 11 is 0. The lowest BCUT2D eigenvalue weighted by Gasteiger charge is -2.08. The predicted molar refractivity (Wildman–Crippen MR) is 81.4 cm³/mol. The molecule has 2 rings (SSSR count). The zero-order valence-corrected chi connectivity index (χ0v) is 13.0. The summed E-state index contributed by atoms with van der Waals surface area (Å²) in [5.74, 6) is -0.0491. The summed E-state index contributed by atoms with van der Waals surface area (Å²) in [5.41, 5.74) is 1.11. The Balaban J connectivity index is 1.89. The zero-order chi connectivity index (χ0) is 16.1. The summed E-state index contributed by atoms with van der Waals surface area (Å²) in [6.07, 6.45) is 2.58. The highest BCUT2D eigenvalue weighted by molar-refractivity contribution is 5.98. The van der Waals surface area contributed by atoms with E-state index < -0.39 is 0 Å². The van der Waals surface area contributed by atoms with Crippen LogP contribution in [0.1, 0.15) is 29.5 Å². The number of nitrogens with one attached hydrogen (secondary N) is 2. The number of aromatic nitrogens is 4. The van der Waals surface area contributed by atoms with Crippen LogP contribution in [0.25, 0.3) is 0 Å². The van der Waals surface area contributed by atoms with E-state index in [0.717, 1.165) is 18.7 Å². The first-order valence-corrected chi connectivity index (χ1v) is 7.11. The molecule has 0 saturated carbocycles. The van der Waals surface area contributed by atoms with Gasteiger partial charge in [-0.25, -0.2) is 4.68 Å². The molecule has 8 heteroatoms. The van der Waals surface area contributed by atoms with Crippen LogP contribution in [0, 0.1) is 6.92 Å². The number of hydrogen-bond acceptors (Lipinski definition) is 4. The van der Waals surface area contributed by atoms with E-state index in [1.807, 2.05) is 13.8 Å². The molecule has 0 aliphatic carbocycles. The maximum absolute atomic E-state index is 11.9. The van der Waals surface area contributed by atoms with Gasteiger partial charge in [0.2, 0.25) is 5.91 Å². The van der Waals surface area contributed by atoms with E-state index in [2.05, 4.69) is 20.8 Å². The van der Waals surface area contributed by atoms with Crippen LogP contribution in [0.2, 0.25) is 0 Å². The van der Waals surface area contributed by atoms with Crippen LogP contribution in [-0.2, 0) is 18.4 Å². The highest BCUT2D eigenvalue weighted by atomic mass is 16.2. The number of carbonyl (C=O) groups excluding carboxylic acids is 2. The maximum atomic E-state index is 11.9. The summed E-state index contributed by atoms with van der Waals surface area (Å²) in [6, 6.07) is 3.39. The first kappa shape index (κ1) is 15.7. The molecular formula is C14H20N6O2. The van der Waals surface area contributed by atoms with Gasteiger partial charge in [0.05, 0.1) is 12.2 Å². The van der Waals surface area contributed by atoms with Crippen molar-refractivity contribution in [2.45, 2.75) is 26.8 Å². The molecule has 2 amide bonds. The Morgan fingerprint density at radius 3 is 2.73 bits per heavy atom. The molecule has 0 aromatic carbocycles. The van der Waals surface area contributed by atoms with E-state index in [-0.39, 0.29) is 24.1 Å². The molecule has 0 spiro atoms. The van der Waals surface area contributed by atoms with Crippen molar-refractivity contribution in [2.24, 2.45) is 7.05 Å². The zero-order valence-electron chi connectivity index (χ0n) is 13.0. The SMILES string of the molecule is CCCn1nc(C)cc1NC(=O)CNC(=O)c1ccn(C)n1. The molecular weight excluding hydrogens is 284 g/mol. The Morgan fingerprint density at radius 2 is 2.09 bits per heavy atom. The lowest BCUT2D eigenvalue weighted by molar-refractivity contribution is -0.115. The molecule has 0 aliphatic rings. The van der Waals surface area contributed by atoms with Crippen LogP contribution < -0.4 is 10.6 Å². The first-order valence-electron chi connectivity index (χ1n) is 7.11. The van der Waals surface area contributed by atoms with Gasteiger partial charge in [-0.2, -0.15) is 10.2 Å². The number of carbonyl (C=O) groups is 2. The molecule has 2 heterocycles. The average Bonchev–Trinajstić information content (AvgIpc) is 3.03. The third-order valence-corrected chi connectivity index (χ3v) is 2.96. The topological polar surface area (TPSA) is 93.8 Å². The summed E-state index contributed by atoms with van der Waals surface area (Å²) in [4.78, 5) is 23.7. The second-order valence-electron chi connectivity index (χ2n) is 5.00. The summed E-state index contributed by atoms with van der Waals surface area (Å²) in [5, 5.41) is 13.6. The van der Waals surface area contributed by atoms with Crippen LogP contribution in [0.5, 0.6) is 0 Å². The van der Waals surface area contributed by atoms with Crippen LogP contribution in [-0.4, -0.2) is 37.9 Å². The van der Waals surface area contributed by atoms with Gasteiger partial charge in [0, 0.05) is 25.9 Å². The van der Waals surface area contributed by atoms with E-state index in [9.17, 15) is 9.59 Å². The van der Waals surface area contributed by atoms with Crippen molar-refractivity contribution in [3.63, 3.8) is 0 Å². The number of hydrogen-bond donors (Lipinski definition) is 2. The van der Waals surface area contributed by atoms with Crippen LogP contribution in [0.15, 0.2) is 18.3 Å². The van der Waals surface area contributed by atoms with Gasteiger partial charge in [0.1, 0.15) is 11.5 Å². The predicted octanol–water partition coefficient (Wildman–Crippen LogP) is 0.704. The van der Waals surface area contributed by atoms with Gasteiger partial charge in [0.15, 0.2) is 0 Å². The highest BCUT2D eigenvalue weighted by Crippen LogP contribution is 2.10. The summed E-state index contributed by atoms with van der Waals surface area (Å²) in [7, 11) is 1.72. The first-order chi connectivity index (χ1) is 10.5. The summed E-state index contributed by atoms with van der Waals surface area (Å²) in [6.45, 7) is 4.51. The van der Waals surface area contributed by atoms with Crippen molar-refractivity contribution in [3.05, 3.63) is 29.7 Å². The molecule has 0 fully saturated rings. The van der Waals surface area contributed by atoms with E-state index in [1.54, 1.807) is 30.1 Å². The minimum absolute atomic E-state index is 0.119. The van der Waals surface area contributed by atoms with Crippen LogP contribution in [0.4, 0.5) is 5.82 Å². The van der Waals surface area contributed by atoms with Crippen molar-refractivity contribution in [2.75, 3.05) is 11.9 Å². The monoisotopic (exact) mass is 304 g/mol. The van der Waals surface area contributed by atoms with Gasteiger partial charge in [-0.3, -0.25) is 14.3 Å². The summed E-state index contributed by atoms with van der Waals surface area (Å²) < 4.78 is 3.27. The minimum atomic E-state index is -0.381. The average molecular weight is 304 g/mol. The molecule has 2 aromatic heterocycles. The molecule has 0 unspecified atom stereocenters. The molecule has 0 radical (unpaired) electrons. The lowest BCUT2D eigenvalue weighted by atomic mass is 10.4. The number of amides is 2. The Kier molecular flexibility index (Phi) is 4.92. The standard InChI is InChI=1S/C14H20N6O2/c1-4-6-20-12(8-10(2)17-20)16-13(21)9-15-14(22)11-5-7-19(3)18-11/h5,7-8H,4,6,9H2,1-3H3,(H,15,22)(H,16,21). The van der Waals surface area contributed by atoms with Crippen LogP contribution >= 0.6 is 0 Å². The molecule has 0 atom stereocenters. The van der Waals surface area contributed by atoms with Crippen LogP contribution in [0.3, 0.4) is 0 Å². The molecule has 0 aliphatic heterocycles. The fraction of sp³-hybridized carbons (Fsp3) is 0.429. The van der Waals surface area contributed by atoms with Crippen molar-refractivity contribution >= 4 is 17.6 Å². The number of nitrogens with zero attached hydrogens (tertiary/aromatic N) is 4. The smallest absolute Gasteiger partial charge is 0.272 e. The quantitative estimate of drug-likeness (QED) is 0.821. The Morgan fingerprint density at radius 1 is 1.32 bits per heavy atom. The second-order valence-corrected chi connectivity index (χ2v) is 5.00. The molecule has 118 valence electrons. The third-order valence-electron chi connectivity index (χ3n) is 2.96. The molecule has 8 nitrogen and oxygen atoms in total. The molecule has 0 saturated heterocycles. The Hall–Kier alpha value is -2.64. The van der Waals surface area contributed by atoms with E-state index >= 15 is 0 Å². The largest absolute Gasteiger partial charge is 0.342 e. The lowest BCUT2D eigenvalue weighted by Crippen LogP contribution is -2.33. The molecule has 2 N–H and O–H groups in total. The highest BCUT2D eigenvalue weighted by Gasteiger charge is 2.12. The maximum Gasteiger partial charge on any atom is 0.272 e. The van der Waals surface area contributed by atoms with Gasteiger partial charge in [-0.05, 0) is 19.4 Å². The number of anilines is 1. The van der Waals surface area contributed by atoms with E-state index in [1.165, 1.54) is 4.68 Å². The van der Waals surface area contributed by atoms with Gasteiger partial charge in [0.25, 0.3) is 5.91 Å². The normalized spacial score (nSPS) is 10.5. The number of aryl methyl sites for hydroxylation is 3. The van der Waals surface area contributed by atoms with Crippen molar-refractivity contribution in [3.8, 4) is 0 Å². The van der Waals surface area contributed by atoms with Gasteiger partial charge >= 0.3 is 0 Å². The Labute approximate surface area is 128 Å². The van der Waals surface area contributed by atoms with E-state index in [4.69, 9.17) is 0 Å². The molecule has 22 heavy (non-hydrogen) atoms. The van der Waals surface area contributed by atoms with Gasteiger partial charge < -0.3 is 10.6 Å². The fourth-order valence-electron chi connectivity index (χ4n) is 2.00. The number of rotatable bonds is 6. The van der Waals surface area contributed by atoms with Gasteiger partial charge in [-0.15, -0.1) is 0 Å². The molecule has 2 aromatic rings. The van der Waals surface area contributed by atoms with Crippen molar-refractivity contribution < 1.29 is 9.59 Å². The molecule has 0 bridgehead atoms. The Bertz CT molecular complexity index is 673. The van der Waals surface area contributed by atoms with Crippen molar-refractivity contribution in [1.29, 1.82) is 0 Å². The minimum Gasteiger partial charge on any atom is -0.342 e. The van der Waals surface area contributed by atoms with E-state index in [0.29, 0.717) is 5.82 Å². The fourth-order valence-corrected chi connectivity index (χ4v) is 2.00.